The van der Waals surface area contributed by atoms with E-state index < -0.39 is 11.9 Å². The van der Waals surface area contributed by atoms with Gasteiger partial charge in [-0.2, -0.15) is 0 Å². The van der Waals surface area contributed by atoms with E-state index in [4.69, 9.17) is 23.7 Å². The normalized spacial score (nSPS) is 10.6. The lowest BCUT2D eigenvalue weighted by Crippen LogP contribution is -2.10. The van der Waals surface area contributed by atoms with Gasteiger partial charge in [-0.15, -0.1) is 0 Å². The number of carbonyl (C=O) groups is 2. The van der Waals surface area contributed by atoms with Gasteiger partial charge in [0.25, 0.3) is 0 Å². The number of carbonyl (C=O) groups excluding carboxylic acids is 2. The van der Waals surface area contributed by atoms with E-state index in [1.165, 1.54) is 72.0 Å². The van der Waals surface area contributed by atoms with Gasteiger partial charge in [0, 0.05) is 0 Å². The van der Waals surface area contributed by atoms with Crippen LogP contribution in [0.15, 0.2) is 66.7 Å². The molecule has 0 aliphatic carbocycles. The molecule has 0 fully saturated rings. The van der Waals surface area contributed by atoms with E-state index in [0.717, 1.165) is 12.2 Å². The number of esters is 2. The van der Waals surface area contributed by atoms with E-state index in [-0.39, 0.29) is 0 Å². The van der Waals surface area contributed by atoms with Crippen LogP contribution in [0, 0.1) is 0 Å². The number of hydrogen-bond acceptors (Lipinski definition) is 7. The highest BCUT2D eigenvalue weighted by molar-refractivity contribution is 5.92. The summed E-state index contributed by atoms with van der Waals surface area (Å²) < 4.78 is 27.1. The summed E-state index contributed by atoms with van der Waals surface area (Å²) in [6.07, 6.45) is 12.8. The van der Waals surface area contributed by atoms with Gasteiger partial charge in [0.2, 0.25) is 0 Å². The SMILES string of the molecule is CCCCCCCCCCCCOc1ccc(C(=O)Oc2ccc(OC(=O)c3ccc(OC)c(OC)c3)cc2)cc1. The van der Waals surface area contributed by atoms with Crippen molar-refractivity contribution in [2.24, 2.45) is 0 Å². The fraction of sp³-hybridized carbons (Fsp3) is 0.412. The zero-order valence-corrected chi connectivity index (χ0v) is 24.5. The second kappa shape index (κ2) is 17.6. The first-order valence-corrected chi connectivity index (χ1v) is 14.5. The van der Waals surface area contributed by atoms with Crippen LogP contribution in [0.4, 0.5) is 0 Å². The predicted octanol–water partition coefficient (Wildman–Crippen LogP) is 8.44. The zero-order chi connectivity index (χ0) is 29.3. The highest BCUT2D eigenvalue weighted by atomic mass is 16.5. The molecule has 0 amide bonds. The van der Waals surface area contributed by atoms with Gasteiger partial charge in [0.15, 0.2) is 11.5 Å². The molecule has 3 rings (SSSR count). The molecule has 7 heteroatoms. The lowest BCUT2D eigenvalue weighted by Gasteiger charge is -2.10. The maximum absolute atomic E-state index is 12.6. The van der Waals surface area contributed by atoms with Crippen molar-refractivity contribution < 1.29 is 33.3 Å². The van der Waals surface area contributed by atoms with Crippen molar-refractivity contribution in [3.63, 3.8) is 0 Å². The Morgan fingerprint density at radius 3 is 1.54 bits per heavy atom. The lowest BCUT2D eigenvalue weighted by molar-refractivity contribution is 0.0719. The summed E-state index contributed by atoms with van der Waals surface area (Å²) in [7, 11) is 3.02. The van der Waals surface area contributed by atoms with E-state index in [2.05, 4.69) is 6.92 Å². The second-order valence-electron chi connectivity index (χ2n) is 9.88. The van der Waals surface area contributed by atoms with Gasteiger partial charge in [-0.05, 0) is 73.2 Å². The van der Waals surface area contributed by atoms with Gasteiger partial charge >= 0.3 is 11.9 Å². The van der Waals surface area contributed by atoms with Crippen molar-refractivity contribution in [1.82, 2.24) is 0 Å². The van der Waals surface area contributed by atoms with Crippen LogP contribution in [0.2, 0.25) is 0 Å². The van der Waals surface area contributed by atoms with Crippen LogP contribution in [0.25, 0.3) is 0 Å². The summed E-state index contributed by atoms with van der Waals surface area (Å²) in [5.41, 5.74) is 0.731. The predicted molar refractivity (Wildman–Crippen MR) is 160 cm³/mol. The van der Waals surface area contributed by atoms with Crippen LogP contribution < -0.4 is 23.7 Å². The summed E-state index contributed by atoms with van der Waals surface area (Å²) in [5.74, 6) is 1.29. The molecule has 0 bridgehead atoms. The fourth-order valence-corrected chi connectivity index (χ4v) is 4.34. The minimum absolute atomic E-state index is 0.313. The first-order chi connectivity index (χ1) is 20.0. The minimum Gasteiger partial charge on any atom is -0.494 e. The highest BCUT2D eigenvalue weighted by Gasteiger charge is 2.14. The minimum atomic E-state index is -0.550. The van der Waals surface area contributed by atoms with Gasteiger partial charge in [0.05, 0.1) is 32.0 Å². The van der Waals surface area contributed by atoms with Gasteiger partial charge in [0.1, 0.15) is 17.2 Å². The van der Waals surface area contributed by atoms with E-state index in [1.54, 1.807) is 66.7 Å². The van der Waals surface area contributed by atoms with Crippen LogP contribution in [0.1, 0.15) is 91.8 Å². The van der Waals surface area contributed by atoms with Gasteiger partial charge in [-0.25, -0.2) is 9.59 Å². The van der Waals surface area contributed by atoms with Crippen LogP contribution in [0.3, 0.4) is 0 Å². The molecule has 0 atom stereocenters. The molecule has 0 aromatic heterocycles. The Morgan fingerprint density at radius 2 is 1.00 bits per heavy atom. The molecule has 0 aliphatic rings. The Balaban J connectivity index is 1.37. The standard InChI is InChI=1S/C34H42O7/c1-4-5-6-7-8-9-10-11-12-13-24-39-28-17-14-26(15-18-28)33(35)40-29-19-21-30(22-20-29)41-34(36)27-16-23-31(37-2)32(25-27)38-3/h14-23,25H,4-13,24H2,1-3H3. The summed E-state index contributed by atoms with van der Waals surface area (Å²) in [6.45, 7) is 2.92. The highest BCUT2D eigenvalue weighted by Crippen LogP contribution is 2.28. The second-order valence-corrected chi connectivity index (χ2v) is 9.88. The average Bonchev–Trinajstić information content (AvgIpc) is 3.00. The maximum atomic E-state index is 12.6. The number of ether oxygens (including phenoxy) is 5. The molecule has 7 nitrogen and oxygen atoms in total. The molecule has 0 saturated heterocycles. The smallest absolute Gasteiger partial charge is 0.343 e. The van der Waals surface area contributed by atoms with Crippen LogP contribution in [-0.4, -0.2) is 32.8 Å². The number of rotatable bonds is 18. The molecule has 0 N–H and O–H groups in total. The first-order valence-electron chi connectivity index (χ1n) is 14.5. The molecule has 3 aromatic rings. The molecule has 0 aliphatic heterocycles. The molecule has 0 radical (unpaired) electrons. The monoisotopic (exact) mass is 562 g/mol. The van der Waals surface area contributed by atoms with Crippen molar-refractivity contribution in [3.8, 4) is 28.7 Å². The van der Waals surface area contributed by atoms with E-state index >= 15 is 0 Å². The van der Waals surface area contributed by atoms with E-state index in [9.17, 15) is 9.59 Å². The topological polar surface area (TPSA) is 80.3 Å². The lowest BCUT2D eigenvalue weighted by atomic mass is 10.1. The van der Waals surface area contributed by atoms with Crippen LogP contribution in [0.5, 0.6) is 28.7 Å². The summed E-state index contributed by atoms with van der Waals surface area (Å²) in [4.78, 5) is 25.1. The van der Waals surface area contributed by atoms with E-state index in [0.29, 0.717) is 40.7 Å². The van der Waals surface area contributed by atoms with Crippen molar-refractivity contribution in [1.29, 1.82) is 0 Å². The van der Waals surface area contributed by atoms with E-state index in [1.807, 2.05) is 0 Å². The molecular formula is C34H42O7. The zero-order valence-electron chi connectivity index (χ0n) is 24.5. The number of unbranched alkanes of at least 4 members (excludes halogenated alkanes) is 9. The molecule has 0 saturated carbocycles. The molecule has 0 spiro atoms. The molecule has 41 heavy (non-hydrogen) atoms. The average molecular weight is 563 g/mol. The van der Waals surface area contributed by atoms with Crippen LogP contribution in [-0.2, 0) is 0 Å². The maximum Gasteiger partial charge on any atom is 0.343 e. The number of hydrogen-bond donors (Lipinski definition) is 0. The fourth-order valence-electron chi connectivity index (χ4n) is 4.34. The van der Waals surface area contributed by atoms with Gasteiger partial charge < -0.3 is 23.7 Å². The van der Waals surface area contributed by atoms with Crippen molar-refractivity contribution in [2.75, 3.05) is 20.8 Å². The summed E-state index contributed by atoms with van der Waals surface area (Å²) >= 11 is 0. The first kappa shape index (κ1) is 31.5. The third-order valence-electron chi connectivity index (χ3n) is 6.72. The third-order valence-corrected chi connectivity index (χ3v) is 6.72. The Kier molecular flexibility index (Phi) is 13.6. The summed E-state index contributed by atoms with van der Waals surface area (Å²) in [5, 5.41) is 0. The molecule has 0 heterocycles. The molecular weight excluding hydrogens is 520 g/mol. The van der Waals surface area contributed by atoms with Gasteiger partial charge in [-0.1, -0.05) is 64.7 Å². The Morgan fingerprint density at radius 1 is 0.537 bits per heavy atom. The molecule has 220 valence electrons. The number of benzene rings is 3. The third kappa shape index (κ3) is 10.8. The Labute approximate surface area is 243 Å². The molecule has 0 unspecified atom stereocenters. The van der Waals surface area contributed by atoms with Gasteiger partial charge in [-0.3, -0.25) is 0 Å². The Bertz CT molecular complexity index is 1200. The molecule has 3 aromatic carbocycles. The quantitative estimate of drug-likeness (QED) is 0.0874. The van der Waals surface area contributed by atoms with Crippen molar-refractivity contribution in [3.05, 3.63) is 77.9 Å². The summed E-state index contributed by atoms with van der Waals surface area (Å²) in [6, 6.07) is 18.0. The number of methoxy groups -OCH3 is 2. The van der Waals surface area contributed by atoms with Crippen molar-refractivity contribution >= 4 is 11.9 Å². The van der Waals surface area contributed by atoms with Crippen LogP contribution >= 0.6 is 0 Å². The Hall–Kier alpha value is -4.00. The van der Waals surface area contributed by atoms with Crippen molar-refractivity contribution in [2.45, 2.75) is 71.1 Å². The largest absolute Gasteiger partial charge is 0.494 e.